The highest BCUT2D eigenvalue weighted by Crippen LogP contribution is 2.28. The molecule has 0 bridgehead atoms. The van der Waals surface area contributed by atoms with Crippen molar-refractivity contribution in [1.29, 1.82) is 0 Å². The van der Waals surface area contributed by atoms with E-state index in [9.17, 15) is 4.79 Å². The van der Waals surface area contributed by atoms with Gasteiger partial charge in [0.2, 0.25) is 0 Å². The number of hydrogen-bond donors (Lipinski definition) is 1. The molecule has 0 fully saturated rings. The van der Waals surface area contributed by atoms with Crippen LogP contribution in [0.3, 0.4) is 0 Å². The van der Waals surface area contributed by atoms with Crippen molar-refractivity contribution in [3.63, 3.8) is 0 Å². The molecule has 2 nitrogen and oxygen atoms in total. The quantitative estimate of drug-likeness (QED) is 0.294. The van der Waals surface area contributed by atoms with Crippen LogP contribution in [-0.2, 0) is 4.79 Å². The van der Waals surface area contributed by atoms with E-state index < -0.39 is 0 Å². The zero-order chi connectivity index (χ0) is 13.4. The zero-order valence-electron chi connectivity index (χ0n) is 10.8. The van der Waals surface area contributed by atoms with Gasteiger partial charge in [-0.3, -0.25) is 4.79 Å². The Bertz CT molecular complexity index is 457. The van der Waals surface area contributed by atoms with Gasteiger partial charge < -0.3 is 4.74 Å². The van der Waals surface area contributed by atoms with E-state index >= 15 is 0 Å². The van der Waals surface area contributed by atoms with Gasteiger partial charge in [-0.25, -0.2) is 0 Å². The first-order valence-electron chi connectivity index (χ1n) is 6.09. The Labute approximate surface area is 114 Å². The largest absolute Gasteiger partial charge is 0.426 e. The number of para-hydroxylation sites is 1. The first-order valence-corrected chi connectivity index (χ1v) is 6.60. The van der Waals surface area contributed by atoms with Crippen LogP contribution < -0.4 is 4.74 Å². The van der Waals surface area contributed by atoms with Gasteiger partial charge >= 0.3 is 5.97 Å². The Morgan fingerprint density at radius 2 is 2.17 bits per heavy atom. The van der Waals surface area contributed by atoms with Gasteiger partial charge in [0.25, 0.3) is 0 Å². The summed E-state index contributed by atoms with van der Waals surface area (Å²) in [7, 11) is 0. The SMILES string of the molecule is CCCCC#CC(S)c1ccccc1OC(C)=O. The van der Waals surface area contributed by atoms with Gasteiger partial charge in [0.15, 0.2) is 0 Å². The number of thiol groups is 1. The van der Waals surface area contributed by atoms with E-state index in [2.05, 4.69) is 31.4 Å². The van der Waals surface area contributed by atoms with Gasteiger partial charge in [0.05, 0.1) is 5.25 Å². The van der Waals surface area contributed by atoms with Crippen molar-refractivity contribution in [2.45, 2.75) is 38.4 Å². The van der Waals surface area contributed by atoms with Crippen LogP contribution >= 0.6 is 12.6 Å². The van der Waals surface area contributed by atoms with Crippen LogP contribution in [0.2, 0.25) is 0 Å². The lowest BCUT2D eigenvalue weighted by Gasteiger charge is -2.10. The molecule has 1 rings (SSSR count). The molecule has 0 N–H and O–H groups in total. The first-order chi connectivity index (χ1) is 8.65. The number of rotatable bonds is 4. The smallest absolute Gasteiger partial charge is 0.308 e. The molecule has 96 valence electrons. The molecule has 0 aromatic heterocycles. The maximum atomic E-state index is 11.0. The molecule has 0 amide bonds. The molecule has 0 saturated heterocycles. The third-order valence-electron chi connectivity index (χ3n) is 2.36. The number of esters is 1. The molecule has 18 heavy (non-hydrogen) atoms. The Morgan fingerprint density at radius 3 is 2.83 bits per heavy atom. The van der Waals surface area contributed by atoms with Crippen LogP contribution in [0.15, 0.2) is 24.3 Å². The highest BCUT2D eigenvalue weighted by atomic mass is 32.1. The van der Waals surface area contributed by atoms with Crippen molar-refractivity contribution >= 4 is 18.6 Å². The molecule has 0 heterocycles. The Kier molecular flexibility index (Phi) is 6.38. The van der Waals surface area contributed by atoms with Gasteiger partial charge in [-0.05, 0) is 12.5 Å². The lowest BCUT2D eigenvalue weighted by Crippen LogP contribution is -2.04. The summed E-state index contributed by atoms with van der Waals surface area (Å²) in [6.45, 7) is 3.52. The van der Waals surface area contributed by atoms with E-state index in [1.807, 2.05) is 18.2 Å². The minimum absolute atomic E-state index is 0.225. The van der Waals surface area contributed by atoms with Crippen molar-refractivity contribution in [2.24, 2.45) is 0 Å². The molecular formula is C15H18O2S. The average molecular weight is 262 g/mol. The van der Waals surface area contributed by atoms with Crippen LogP contribution in [0, 0.1) is 11.8 Å². The van der Waals surface area contributed by atoms with Crippen molar-refractivity contribution in [3.05, 3.63) is 29.8 Å². The van der Waals surface area contributed by atoms with Crippen LogP contribution in [0.1, 0.15) is 43.9 Å². The van der Waals surface area contributed by atoms with Crippen LogP contribution in [0.4, 0.5) is 0 Å². The Balaban J connectivity index is 2.80. The van der Waals surface area contributed by atoms with Gasteiger partial charge in [-0.15, -0.1) is 5.92 Å². The zero-order valence-corrected chi connectivity index (χ0v) is 11.7. The number of hydrogen-bond acceptors (Lipinski definition) is 3. The molecule has 1 aromatic rings. The number of unbranched alkanes of at least 4 members (excludes halogenated alkanes) is 2. The molecule has 1 atom stereocenters. The summed E-state index contributed by atoms with van der Waals surface area (Å²) in [5.74, 6) is 6.37. The van der Waals surface area contributed by atoms with E-state index in [4.69, 9.17) is 4.74 Å². The Hall–Kier alpha value is -1.40. The highest BCUT2D eigenvalue weighted by molar-refractivity contribution is 7.80. The molecule has 0 radical (unpaired) electrons. The second-order valence-electron chi connectivity index (χ2n) is 3.96. The topological polar surface area (TPSA) is 26.3 Å². The standard InChI is InChI=1S/C15H18O2S/c1-3-4-5-6-11-15(18)13-9-7-8-10-14(13)17-12(2)16/h7-10,15,18H,3-5H2,1-2H3. The highest BCUT2D eigenvalue weighted by Gasteiger charge is 2.10. The maximum absolute atomic E-state index is 11.0. The summed E-state index contributed by atoms with van der Waals surface area (Å²) in [4.78, 5) is 11.0. The van der Waals surface area contributed by atoms with Crippen molar-refractivity contribution < 1.29 is 9.53 Å². The van der Waals surface area contributed by atoms with Crippen LogP contribution in [0.5, 0.6) is 5.75 Å². The lowest BCUT2D eigenvalue weighted by molar-refractivity contribution is -0.131. The fourth-order valence-electron chi connectivity index (χ4n) is 1.47. The van der Waals surface area contributed by atoms with E-state index in [0.717, 1.165) is 24.8 Å². The van der Waals surface area contributed by atoms with Crippen molar-refractivity contribution in [1.82, 2.24) is 0 Å². The number of benzene rings is 1. The minimum Gasteiger partial charge on any atom is -0.426 e. The summed E-state index contributed by atoms with van der Waals surface area (Å²) < 4.78 is 5.14. The first kappa shape index (κ1) is 14.7. The maximum Gasteiger partial charge on any atom is 0.308 e. The fraction of sp³-hybridized carbons (Fsp3) is 0.400. The summed E-state index contributed by atoms with van der Waals surface area (Å²) in [5.41, 5.74) is 0.833. The van der Waals surface area contributed by atoms with E-state index in [0.29, 0.717) is 5.75 Å². The van der Waals surface area contributed by atoms with Gasteiger partial charge in [0.1, 0.15) is 5.75 Å². The molecule has 0 spiro atoms. The summed E-state index contributed by atoms with van der Waals surface area (Å²) in [5, 5.41) is -0.225. The van der Waals surface area contributed by atoms with Crippen LogP contribution in [0.25, 0.3) is 0 Å². The van der Waals surface area contributed by atoms with Crippen LogP contribution in [-0.4, -0.2) is 5.97 Å². The molecule has 0 aliphatic carbocycles. The summed E-state index contributed by atoms with van der Waals surface area (Å²) in [6, 6.07) is 7.35. The monoisotopic (exact) mass is 262 g/mol. The number of carbonyl (C=O) groups excluding carboxylic acids is 1. The van der Waals surface area contributed by atoms with E-state index in [-0.39, 0.29) is 11.2 Å². The van der Waals surface area contributed by atoms with Crippen molar-refractivity contribution in [2.75, 3.05) is 0 Å². The minimum atomic E-state index is -0.332. The Morgan fingerprint density at radius 1 is 1.44 bits per heavy atom. The van der Waals surface area contributed by atoms with E-state index in [1.54, 1.807) is 6.07 Å². The molecule has 0 saturated carbocycles. The molecule has 0 aliphatic heterocycles. The summed E-state index contributed by atoms with van der Waals surface area (Å²) >= 11 is 4.45. The van der Waals surface area contributed by atoms with Gasteiger partial charge in [-0.2, -0.15) is 12.6 Å². The van der Waals surface area contributed by atoms with Gasteiger partial charge in [-0.1, -0.05) is 37.5 Å². The predicted molar refractivity (Wildman–Crippen MR) is 76.8 cm³/mol. The second kappa shape index (κ2) is 7.84. The third-order valence-corrected chi connectivity index (χ3v) is 2.77. The molecule has 0 aliphatic rings. The molecule has 3 heteroatoms. The van der Waals surface area contributed by atoms with E-state index in [1.165, 1.54) is 6.92 Å². The summed E-state index contributed by atoms with van der Waals surface area (Å²) in [6.07, 6.45) is 3.11. The number of ether oxygens (including phenoxy) is 1. The normalized spacial score (nSPS) is 11.3. The molecular weight excluding hydrogens is 244 g/mol. The lowest BCUT2D eigenvalue weighted by atomic mass is 10.1. The fourth-order valence-corrected chi connectivity index (χ4v) is 1.77. The third kappa shape index (κ3) is 4.85. The molecule has 1 unspecified atom stereocenters. The number of carbonyl (C=O) groups is 1. The second-order valence-corrected chi connectivity index (χ2v) is 4.48. The van der Waals surface area contributed by atoms with Gasteiger partial charge in [0, 0.05) is 18.9 Å². The average Bonchev–Trinajstić information content (AvgIpc) is 2.34. The molecule has 1 aromatic carbocycles. The van der Waals surface area contributed by atoms with Crippen molar-refractivity contribution in [3.8, 4) is 17.6 Å². The predicted octanol–water partition coefficient (Wildman–Crippen LogP) is 3.78.